The smallest absolute Gasteiger partial charge is 0.213 e. The van der Waals surface area contributed by atoms with Crippen molar-refractivity contribution in [1.82, 2.24) is 4.98 Å². The van der Waals surface area contributed by atoms with Crippen LogP contribution >= 0.6 is 0 Å². The highest BCUT2D eigenvalue weighted by Crippen LogP contribution is 2.22. The molecule has 1 N–H and O–H groups in total. The summed E-state index contributed by atoms with van der Waals surface area (Å²) in [5, 5.41) is 3.10. The van der Waals surface area contributed by atoms with E-state index >= 15 is 0 Å². The van der Waals surface area contributed by atoms with Gasteiger partial charge in [-0.15, -0.1) is 0 Å². The van der Waals surface area contributed by atoms with Crippen LogP contribution in [0.25, 0.3) is 11.1 Å². The first-order valence-electron chi connectivity index (χ1n) is 6.10. The van der Waals surface area contributed by atoms with Crippen LogP contribution in [0.15, 0.2) is 42.6 Å². The summed E-state index contributed by atoms with van der Waals surface area (Å²) in [6, 6.07) is 12.2. The van der Waals surface area contributed by atoms with Gasteiger partial charge in [-0.25, -0.2) is 4.98 Å². The molecule has 2 rings (SSSR count). The van der Waals surface area contributed by atoms with Crippen molar-refractivity contribution in [2.45, 2.75) is 20.0 Å². The predicted molar refractivity (Wildman–Crippen MR) is 75.0 cm³/mol. The minimum absolute atomic E-state index is 0.151. The van der Waals surface area contributed by atoms with Gasteiger partial charge < -0.3 is 10.1 Å². The van der Waals surface area contributed by atoms with Gasteiger partial charge in [-0.1, -0.05) is 12.1 Å². The summed E-state index contributed by atoms with van der Waals surface area (Å²) in [7, 11) is 1.91. The maximum atomic E-state index is 5.52. The molecular weight excluding hydrogens is 224 g/mol. The average molecular weight is 242 g/mol. The van der Waals surface area contributed by atoms with Crippen molar-refractivity contribution in [2.75, 3.05) is 12.4 Å². The number of hydrogen-bond donors (Lipinski definition) is 1. The molecule has 0 fully saturated rings. The highest BCUT2D eigenvalue weighted by atomic mass is 16.5. The van der Waals surface area contributed by atoms with Gasteiger partial charge in [0.25, 0.3) is 0 Å². The predicted octanol–water partition coefficient (Wildman–Crippen LogP) is 3.58. The molecule has 1 aromatic heterocycles. The van der Waals surface area contributed by atoms with Crippen LogP contribution in [0.2, 0.25) is 0 Å². The quantitative estimate of drug-likeness (QED) is 0.889. The van der Waals surface area contributed by atoms with Crippen molar-refractivity contribution >= 4 is 5.69 Å². The minimum Gasteiger partial charge on any atom is -0.475 e. The molecule has 0 aliphatic heterocycles. The van der Waals surface area contributed by atoms with Crippen molar-refractivity contribution < 1.29 is 4.74 Å². The standard InChI is InChI=1S/C15H18N2O/c1-11(2)18-15-9-6-13(10-17-15)12-4-7-14(16-3)8-5-12/h4-11,16H,1-3H3. The summed E-state index contributed by atoms with van der Waals surface area (Å²) in [6.07, 6.45) is 1.99. The zero-order valence-electron chi connectivity index (χ0n) is 11.0. The molecular formula is C15H18N2O. The van der Waals surface area contributed by atoms with Crippen LogP contribution in [0.3, 0.4) is 0 Å². The fraction of sp³-hybridized carbons (Fsp3) is 0.267. The molecule has 0 saturated heterocycles. The SMILES string of the molecule is CNc1ccc(-c2ccc(OC(C)C)nc2)cc1. The second-order valence-electron chi connectivity index (χ2n) is 4.38. The van der Waals surface area contributed by atoms with Gasteiger partial charge in [0.1, 0.15) is 0 Å². The fourth-order valence-corrected chi connectivity index (χ4v) is 1.69. The molecule has 0 radical (unpaired) electrons. The molecule has 18 heavy (non-hydrogen) atoms. The third-order valence-electron chi connectivity index (χ3n) is 2.60. The summed E-state index contributed by atoms with van der Waals surface area (Å²) >= 11 is 0. The van der Waals surface area contributed by atoms with Gasteiger partial charge in [-0.3, -0.25) is 0 Å². The Balaban J connectivity index is 2.17. The normalized spacial score (nSPS) is 10.4. The molecule has 0 bridgehead atoms. The van der Waals surface area contributed by atoms with Gasteiger partial charge in [0.15, 0.2) is 0 Å². The second kappa shape index (κ2) is 5.54. The number of aromatic nitrogens is 1. The van der Waals surface area contributed by atoms with E-state index in [0.29, 0.717) is 5.88 Å². The first-order valence-corrected chi connectivity index (χ1v) is 6.10. The summed E-state index contributed by atoms with van der Waals surface area (Å²) < 4.78 is 5.52. The average Bonchev–Trinajstić information content (AvgIpc) is 2.39. The molecule has 3 heteroatoms. The van der Waals surface area contributed by atoms with Crippen molar-refractivity contribution in [3.05, 3.63) is 42.6 Å². The number of hydrogen-bond acceptors (Lipinski definition) is 3. The molecule has 0 atom stereocenters. The third kappa shape index (κ3) is 3.00. The van der Waals surface area contributed by atoms with Crippen molar-refractivity contribution in [3.8, 4) is 17.0 Å². The molecule has 1 heterocycles. The second-order valence-corrected chi connectivity index (χ2v) is 4.38. The Labute approximate surface area is 108 Å². The first kappa shape index (κ1) is 12.4. The largest absolute Gasteiger partial charge is 0.475 e. The van der Waals surface area contributed by atoms with E-state index < -0.39 is 0 Å². The summed E-state index contributed by atoms with van der Waals surface area (Å²) in [6.45, 7) is 3.98. The van der Waals surface area contributed by atoms with Crippen LogP contribution in [0.4, 0.5) is 5.69 Å². The highest BCUT2D eigenvalue weighted by Gasteiger charge is 2.01. The van der Waals surface area contributed by atoms with Gasteiger partial charge >= 0.3 is 0 Å². The van der Waals surface area contributed by atoms with Gasteiger partial charge in [0, 0.05) is 30.6 Å². The van der Waals surface area contributed by atoms with Crippen molar-refractivity contribution in [1.29, 1.82) is 0 Å². The Hall–Kier alpha value is -2.03. The Morgan fingerprint density at radius 3 is 2.17 bits per heavy atom. The van der Waals surface area contributed by atoms with Crippen LogP contribution in [0.1, 0.15) is 13.8 Å². The number of pyridine rings is 1. The van der Waals surface area contributed by atoms with E-state index in [1.54, 1.807) is 0 Å². The summed E-state index contributed by atoms with van der Waals surface area (Å²) in [5.74, 6) is 0.667. The van der Waals surface area contributed by atoms with Crippen molar-refractivity contribution in [3.63, 3.8) is 0 Å². The fourth-order valence-electron chi connectivity index (χ4n) is 1.69. The molecule has 0 aliphatic carbocycles. The molecule has 94 valence electrons. The molecule has 0 unspecified atom stereocenters. The van der Waals surface area contributed by atoms with Crippen LogP contribution in [-0.4, -0.2) is 18.1 Å². The lowest BCUT2D eigenvalue weighted by Crippen LogP contribution is -2.06. The van der Waals surface area contributed by atoms with Crippen LogP contribution in [0, 0.1) is 0 Å². The minimum atomic E-state index is 0.151. The van der Waals surface area contributed by atoms with Gasteiger partial charge in [-0.2, -0.15) is 0 Å². The molecule has 2 aromatic rings. The number of ether oxygens (including phenoxy) is 1. The molecule has 3 nitrogen and oxygen atoms in total. The number of nitrogens with zero attached hydrogens (tertiary/aromatic N) is 1. The first-order chi connectivity index (χ1) is 8.69. The Morgan fingerprint density at radius 1 is 1.00 bits per heavy atom. The Morgan fingerprint density at radius 2 is 1.67 bits per heavy atom. The van der Waals surface area contributed by atoms with Crippen LogP contribution in [-0.2, 0) is 0 Å². The van der Waals surface area contributed by atoms with E-state index in [2.05, 4.69) is 22.4 Å². The highest BCUT2D eigenvalue weighted by molar-refractivity contribution is 5.65. The molecule has 1 aromatic carbocycles. The zero-order chi connectivity index (χ0) is 13.0. The van der Waals surface area contributed by atoms with Crippen LogP contribution < -0.4 is 10.1 Å². The van der Waals surface area contributed by atoms with E-state index in [9.17, 15) is 0 Å². The topological polar surface area (TPSA) is 34.1 Å². The Kier molecular flexibility index (Phi) is 3.82. The van der Waals surface area contributed by atoms with Gasteiger partial charge in [-0.05, 0) is 37.6 Å². The zero-order valence-corrected chi connectivity index (χ0v) is 11.0. The van der Waals surface area contributed by atoms with E-state index in [4.69, 9.17) is 4.74 Å². The maximum absolute atomic E-state index is 5.52. The number of rotatable bonds is 4. The van der Waals surface area contributed by atoms with Crippen LogP contribution in [0.5, 0.6) is 5.88 Å². The summed E-state index contributed by atoms with van der Waals surface area (Å²) in [5.41, 5.74) is 3.35. The molecule has 0 spiro atoms. The van der Waals surface area contributed by atoms with Gasteiger partial charge in [0.2, 0.25) is 5.88 Å². The van der Waals surface area contributed by atoms with E-state index in [0.717, 1.165) is 16.8 Å². The van der Waals surface area contributed by atoms with E-state index in [-0.39, 0.29) is 6.10 Å². The lowest BCUT2D eigenvalue weighted by atomic mass is 10.1. The Bertz CT molecular complexity index is 489. The lowest BCUT2D eigenvalue weighted by Gasteiger charge is -2.09. The summed E-state index contributed by atoms with van der Waals surface area (Å²) in [4.78, 5) is 4.30. The maximum Gasteiger partial charge on any atom is 0.213 e. The van der Waals surface area contributed by atoms with E-state index in [1.165, 1.54) is 0 Å². The number of anilines is 1. The molecule has 0 saturated carbocycles. The number of nitrogens with one attached hydrogen (secondary N) is 1. The van der Waals surface area contributed by atoms with Crippen molar-refractivity contribution in [2.24, 2.45) is 0 Å². The molecule has 0 aliphatic rings. The third-order valence-corrected chi connectivity index (χ3v) is 2.60. The van der Waals surface area contributed by atoms with Gasteiger partial charge in [0.05, 0.1) is 6.10 Å². The number of benzene rings is 1. The monoisotopic (exact) mass is 242 g/mol. The van der Waals surface area contributed by atoms with E-state index in [1.807, 2.05) is 51.4 Å². The lowest BCUT2D eigenvalue weighted by molar-refractivity contribution is 0.232. The molecule has 0 amide bonds.